The van der Waals surface area contributed by atoms with E-state index >= 15 is 0 Å². The van der Waals surface area contributed by atoms with Gasteiger partial charge in [0, 0.05) is 5.54 Å². The Kier molecular flexibility index (Phi) is 2.89. The molecule has 1 aromatic carbocycles. The van der Waals surface area contributed by atoms with Gasteiger partial charge in [-0.3, -0.25) is 0 Å². The van der Waals surface area contributed by atoms with Gasteiger partial charge in [0.1, 0.15) is 0 Å². The van der Waals surface area contributed by atoms with Crippen LogP contribution in [0.15, 0.2) is 18.2 Å². The first-order chi connectivity index (χ1) is 8.93. The number of rotatable bonds is 2. The number of alkyl halides is 3. The van der Waals surface area contributed by atoms with E-state index in [4.69, 9.17) is 0 Å². The Morgan fingerprint density at radius 2 is 2.00 bits per heavy atom. The van der Waals surface area contributed by atoms with E-state index in [0.29, 0.717) is 5.92 Å². The van der Waals surface area contributed by atoms with Crippen molar-refractivity contribution in [2.45, 2.75) is 44.3 Å². The molecule has 1 heterocycles. The molecule has 1 unspecified atom stereocenters. The third kappa shape index (κ3) is 2.16. The maximum atomic E-state index is 12.7. The van der Waals surface area contributed by atoms with Gasteiger partial charge in [0.2, 0.25) is 0 Å². The standard InChI is InChI=1S/C15H18F3N/c1-10-9-12(15(16,17)18)5-6-13(10)14(11-3-4-11)7-2-8-19-14/h5-6,9,11,19H,2-4,7-8H2,1H3. The summed E-state index contributed by atoms with van der Waals surface area (Å²) in [6.07, 6.45) is 0.279. The van der Waals surface area contributed by atoms with Crippen molar-refractivity contribution in [3.05, 3.63) is 34.9 Å². The monoisotopic (exact) mass is 269 g/mol. The zero-order valence-electron chi connectivity index (χ0n) is 11.0. The topological polar surface area (TPSA) is 12.0 Å². The molecule has 1 aromatic rings. The molecule has 1 nitrogen and oxygen atoms in total. The average Bonchev–Trinajstić information content (AvgIpc) is 3.08. The van der Waals surface area contributed by atoms with E-state index in [9.17, 15) is 13.2 Å². The van der Waals surface area contributed by atoms with Gasteiger partial charge in [-0.25, -0.2) is 0 Å². The largest absolute Gasteiger partial charge is 0.416 e. The van der Waals surface area contributed by atoms with Gasteiger partial charge >= 0.3 is 6.18 Å². The van der Waals surface area contributed by atoms with Crippen molar-refractivity contribution >= 4 is 0 Å². The highest BCUT2D eigenvalue weighted by molar-refractivity contribution is 5.39. The van der Waals surface area contributed by atoms with Crippen molar-refractivity contribution in [2.24, 2.45) is 5.92 Å². The van der Waals surface area contributed by atoms with Crippen molar-refractivity contribution in [1.82, 2.24) is 5.32 Å². The van der Waals surface area contributed by atoms with Crippen LogP contribution in [0.25, 0.3) is 0 Å². The minimum atomic E-state index is -4.25. The van der Waals surface area contributed by atoms with Gasteiger partial charge in [-0.2, -0.15) is 13.2 Å². The van der Waals surface area contributed by atoms with Crippen LogP contribution in [0.5, 0.6) is 0 Å². The van der Waals surface area contributed by atoms with Crippen LogP contribution in [0.4, 0.5) is 13.2 Å². The van der Waals surface area contributed by atoms with E-state index in [1.165, 1.54) is 25.0 Å². The van der Waals surface area contributed by atoms with E-state index in [1.54, 1.807) is 13.0 Å². The number of hydrogen-bond acceptors (Lipinski definition) is 1. The smallest absolute Gasteiger partial charge is 0.307 e. The quantitative estimate of drug-likeness (QED) is 0.855. The van der Waals surface area contributed by atoms with Crippen LogP contribution in [0.2, 0.25) is 0 Å². The summed E-state index contributed by atoms with van der Waals surface area (Å²) in [7, 11) is 0. The molecular weight excluding hydrogens is 251 g/mol. The Morgan fingerprint density at radius 3 is 2.47 bits per heavy atom. The van der Waals surface area contributed by atoms with Crippen LogP contribution in [-0.4, -0.2) is 6.54 Å². The molecule has 0 radical (unpaired) electrons. The Morgan fingerprint density at radius 1 is 1.26 bits per heavy atom. The molecule has 104 valence electrons. The third-order valence-corrected chi connectivity index (χ3v) is 4.50. The van der Waals surface area contributed by atoms with Crippen molar-refractivity contribution < 1.29 is 13.2 Å². The number of hydrogen-bond donors (Lipinski definition) is 1. The number of halogens is 3. The summed E-state index contributed by atoms with van der Waals surface area (Å²) in [4.78, 5) is 0. The molecule has 19 heavy (non-hydrogen) atoms. The fraction of sp³-hybridized carbons (Fsp3) is 0.600. The first-order valence-corrected chi connectivity index (χ1v) is 6.87. The van der Waals surface area contributed by atoms with Crippen molar-refractivity contribution in [3.8, 4) is 0 Å². The van der Waals surface area contributed by atoms with E-state index < -0.39 is 11.7 Å². The Hall–Kier alpha value is -1.03. The van der Waals surface area contributed by atoms with Crippen molar-refractivity contribution in [1.29, 1.82) is 0 Å². The molecule has 1 N–H and O–H groups in total. The molecule has 2 fully saturated rings. The maximum Gasteiger partial charge on any atom is 0.416 e. The third-order valence-electron chi connectivity index (χ3n) is 4.50. The minimum Gasteiger partial charge on any atom is -0.307 e. The summed E-state index contributed by atoms with van der Waals surface area (Å²) < 4.78 is 38.2. The van der Waals surface area contributed by atoms with Gasteiger partial charge in [-0.15, -0.1) is 0 Å². The second-order valence-corrected chi connectivity index (χ2v) is 5.80. The van der Waals surface area contributed by atoms with Crippen LogP contribution in [-0.2, 0) is 11.7 Å². The Balaban J connectivity index is 2.01. The fourth-order valence-electron chi connectivity index (χ4n) is 3.48. The van der Waals surface area contributed by atoms with Crippen LogP contribution >= 0.6 is 0 Å². The second kappa shape index (κ2) is 4.23. The summed E-state index contributed by atoms with van der Waals surface area (Å²) in [5, 5.41) is 3.57. The number of benzene rings is 1. The van der Waals surface area contributed by atoms with Gasteiger partial charge in [0.25, 0.3) is 0 Å². The normalized spacial score (nSPS) is 27.8. The summed E-state index contributed by atoms with van der Waals surface area (Å²) in [5.41, 5.74) is 1.23. The summed E-state index contributed by atoms with van der Waals surface area (Å²) >= 11 is 0. The number of nitrogens with one attached hydrogen (secondary N) is 1. The lowest BCUT2D eigenvalue weighted by Crippen LogP contribution is -2.39. The lowest BCUT2D eigenvalue weighted by atomic mass is 9.81. The molecule has 1 saturated carbocycles. The highest BCUT2D eigenvalue weighted by Gasteiger charge is 2.48. The van der Waals surface area contributed by atoms with Gasteiger partial charge in [0.05, 0.1) is 5.56 Å². The highest BCUT2D eigenvalue weighted by Crippen LogP contribution is 2.51. The molecule has 3 rings (SSSR count). The molecule has 1 aliphatic carbocycles. The Labute approximate surface area is 111 Å². The van der Waals surface area contributed by atoms with Crippen LogP contribution < -0.4 is 5.32 Å². The molecular formula is C15H18F3N. The average molecular weight is 269 g/mol. The van der Waals surface area contributed by atoms with Crippen LogP contribution in [0.3, 0.4) is 0 Å². The Bertz CT molecular complexity index is 483. The highest BCUT2D eigenvalue weighted by atomic mass is 19.4. The zero-order chi connectivity index (χ0) is 13.7. The van der Waals surface area contributed by atoms with Gasteiger partial charge in [-0.05, 0) is 68.3 Å². The minimum absolute atomic E-state index is 0.0613. The van der Waals surface area contributed by atoms with Crippen molar-refractivity contribution in [3.63, 3.8) is 0 Å². The molecule has 2 aliphatic rings. The first kappa shape index (κ1) is 13.0. The number of aryl methyl sites for hydroxylation is 1. The van der Waals surface area contributed by atoms with Crippen LogP contribution in [0, 0.1) is 12.8 Å². The fourth-order valence-corrected chi connectivity index (χ4v) is 3.48. The predicted octanol–water partition coefficient (Wildman–Crippen LogP) is 4.00. The van der Waals surface area contributed by atoms with Crippen molar-refractivity contribution in [2.75, 3.05) is 6.54 Å². The van der Waals surface area contributed by atoms with Gasteiger partial charge < -0.3 is 5.32 Å². The van der Waals surface area contributed by atoms with E-state index in [1.807, 2.05) is 0 Å². The summed E-state index contributed by atoms with van der Waals surface area (Å²) in [6, 6.07) is 4.21. The predicted molar refractivity (Wildman–Crippen MR) is 67.8 cm³/mol. The molecule has 1 atom stereocenters. The SMILES string of the molecule is Cc1cc(C(F)(F)F)ccc1C1(C2CC2)CCCN1. The molecule has 1 aliphatic heterocycles. The van der Waals surface area contributed by atoms with Gasteiger partial charge in [0.15, 0.2) is 0 Å². The van der Waals surface area contributed by atoms with E-state index in [-0.39, 0.29) is 5.54 Å². The summed E-state index contributed by atoms with van der Waals surface area (Å²) in [6.45, 7) is 2.77. The molecule has 0 spiro atoms. The van der Waals surface area contributed by atoms with Gasteiger partial charge in [-0.1, -0.05) is 6.07 Å². The van der Waals surface area contributed by atoms with Crippen LogP contribution in [0.1, 0.15) is 42.4 Å². The molecule has 0 bridgehead atoms. The first-order valence-electron chi connectivity index (χ1n) is 6.87. The zero-order valence-corrected chi connectivity index (χ0v) is 11.0. The maximum absolute atomic E-state index is 12.7. The molecule has 0 aromatic heterocycles. The molecule has 1 saturated heterocycles. The molecule has 0 amide bonds. The lowest BCUT2D eigenvalue weighted by molar-refractivity contribution is -0.137. The summed E-state index contributed by atoms with van der Waals surface area (Å²) in [5.74, 6) is 0.602. The van der Waals surface area contributed by atoms with E-state index in [0.717, 1.165) is 30.5 Å². The lowest BCUT2D eigenvalue weighted by Gasteiger charge is -2.32. The second-order valence-electron chi connectivity index (χ2n) is 5.80. The van der Waals surface area contributed by atoms with E-state index in [2.05, 4.69) is 5.32 Å². The molecule has 4 heteroatoms.